The number of benzene rings is 1. The van der Waals surface area contributed by atoms with Crippen LogP contribution in [-0.2, 0) is 0 Å². The molecule has 0 aliphatic heterocycles. The Kier molecular flexibility index (Phi) is 1.70. The fourth-order valence-electron chi connectivity index (χ4n) is 1.68. The zero-order valence-corrected chi connectivity index (χ0v) is 8.37. The topological polar surface area (TPSA) is 17.3 Å². The first-order valence-electron chi connectivity index (χ1n) is 4.46. The van der Waals surface area contributed by atoms with Crippen LogP contribution < -0.4 is 0 Å². The molecule has 4 heteroatoms. The van der Waals surface area contributed by atoms with E-state index in [1.165, 1.54) is 6.07 Å². The Morgan fingerprint density at radius 2 is 2.20 bits per heavy atom. The van der Waals surface area contributed by atoms with Gasteiger partial charge in [-0.05, 0) is 18.2 Å². The second-order valence-electron chi connectivity index (χ2n) is 3.32. The molecule has 1 aromatic carbocycles. The number of hydrogen-bond acceptors (Lipinski definition) is 1. The maximum Gasteiger partial charge on any atom is 0.144 e. The SMILES string of the molecule is Fc1cc2ncc3cccn3c2cc1Cl. The van der Waals surface area contributed by atoms with Gasteiger partial charge >= 0.3 is 0 Å². The highest BCUT2D eigenvalue weighted by Crippen LogP contribution is 2.22. The lowest BCUT2D eigenvalue weighted by molar-refractivity contribution is 0.629. The molecule has 0 saturated carbocycles. The van der Waals surface area contributed by atoms with Gasteiger partial charge in [0.05, 0.1) is 27.8 Å². The van der Waals surface area contributed by atoms with Crippen LogP contribution >= 0.6 is 11.6 Å². The first-order valence-corrected chi connectivity index (χ1v) is 4.84. The van der Waals surface area contributed by atoms with E-state index in [0.717, 1.165) is 11.0 Å². The lowest BCUT2D eigenvalue weighted by Gasteiger charge is -2.03. The lowest BCUT2D eigenvalue weighted by Crippen LogP contribution is -1.90. The van der Waals surface area contributed by atoms with Crippen LogP contribution in [0.25, 0.3) is 16.6 Å². The van der Waals surface area contributed by atoms with Gasteiger partial charge in [-0.2, -0.15) is 0 Å². The largest absolute Gasteiger partial charge is 0.313 e. The van der Waals surface area contributed by atoms with Crippen LogP contribution in [0.4, 0.5) is 4.39 Å². The quantitative estimate of drug-likeness (QED) is 0.568. The smallest absolute Gasteiger partial charge is 0.144 e. The minimum absolute atomic E-state index is 0.116. The first kappa shape index (κ1) is 8.68. The molecule has 0 radical (unpaired) electrons. The summed E-state index contributed by atoms with van der Waals surface area (Å²) in [7, 11) is 0. The van der Waals surface area contributed by atoms with Gasteiger partial charge < -0.3 is 4.40 Å². The van der Waals surface area contributed by atoms with Crippen molar-refractivity contribution in [2.75, 3.05) is 0 Å². The van der Waals surface area contributed by atoms with Crippen LogP contribution in [0.5, 0.6) is 0 Å². The maximum absolute atomic E-state index is 13.2. The van der Waals surface area contributed by atoms with Crippen molar-refractivity contribution in [3.05, 3.63) is 47.5 Å². The molecule has 0 fully saturated rings. The van der Waals surface area contributed by atoms with Crippen molar-refractivity contribution in [3.8, 4) is 0 Å². The van der Waals surface area contributed by atoms with E-state index in [2.05, 4.69) is 4.98 Å². The first-order chi connectivity index (χ1) is 7.25. The molecule has 0 bridgehead atoms. The van der Waals surface area contributed by atoms with E-state index in [1.807, 2.05) is 22.7 Å². The number of rotatable bonds is 0. The van der Waals surface area contributed by atoms with Crippen LogP contribution in [0.1, 0.15) is 0 Å². The number of hydrogen-bond donors (Lipinski definition) is 0. The maximum atomic E-state index is 13.2. The summed E-state index contributed by atoms with van der Waals surface area (Å²) >= 11 is 5.74. The second kappa shape index (κ2) is 2.94. The summed E-state index contributed by atoms with van der Waals surface area (Å²) in [5.41, 5.74) is 2.37. The van der Waals surface area contributed by atoms with Crippen LogP contribution in [0.3, 0.4) is 0 Å². The van der Waals surface area contributed by atoms with Crippen molar-refractivity contribution in [2.45, 2.75) is 0 Å². The van der Waals surface area contributed by atoms with Gasteiger partial charge in [0.1, 0.15) is 5.82 Å². The molecule has 0 saturated heterocycles. The van der Waals surface area contributed by atoms with Crippen LogP contribution in [0.2, 0.25) is 5.02 Å². The molecule has 0 amide bonds. The van der Waals surface area contributed by atoms with Crippen LogP contribution in [0, 0.1) is 5.82 Å². The average Bonchev–Trinajstić information content (AvgIpc) is 2.68. The molecular formula is C11H6ClFN2. The van der Waals surface area contributed by atoms with Crippen molar-refractivity contribution in [2.24, 2.45) is 0 Å². The predicted molar refractivity (Wildman–Crippen MR) is 57.7 cm³/mol. The van der Waals surface area contributed by atoms with Gasteiger partial charge in [0, 0.05) is 12.3 Å². The molecular weight excluding hydrogens is 215 g/mol. The summed E-state index contributed by atoms with van der Waals surface area (Å²) in [6, 6.07) is 6.78. The zero-order valence-electron chi connectivity index (χ0n) is 7.61. The Labute approximate surface area is 89.9 Å². The second-order valence-corrected chi connectivity index (χ2v) is 3.72. The van der Waals surface area contributed by atoms with Crippen LogP contribution in [-0.4, -0.2) is 9.38 Å². The van der Waals surface area contributed by atoms with E-state index in [1.54, 1.807) is 12.3 Å². The molecule has 3 aromatic rings. The van der Waals surface area contributed by atoms with Gasteiger partial charge in [-0.3, -0.25) is 4.98 Å². The molecule has 2 heterocycles. The molecule has 2 aromatic heterocycles. The molecule has 2 nitrogen and oxygen atoms in total. The van der Waals surface area contributed by atoms with Gasteiger partial charge in [0.15, 0.2) is 0 Å². The van der Waals surface area contributed by atoms with Gasteiger partial charge in [-0.25, -0.2) is 4.39 Å². The van der Waals surface area contributed by atoms with Crippen molar-refractivity contribution in [3.63, 3.8) is 0 Å². The summed E-state index contributed by atoms with van der Waals surface area (Å²) in [5, 5.41) is 0.116. The highest BCUT2D eigenvalue weighted by molar-refractivity contribution is 6.31. The molecule has 0 unspecified atom stereocenters. The Bertz CT molecular complexity index is 660. The van der Waals surface area contributed by atoms with E-state index in [9.17, 15) is 4.39 Å². The van der Waals surface area contributed by atoms with E-state index in [0.29, 0.717) is 5.52 Å². The molecule has 0 N–H and O–H groups in total. The Morgan fingerprint density at radius 3 is 3.07 bits per heavy atom. The van der Waals surface area contributed by atoms with Crippen molar-refractivity contribution >= 4 is 28.2 Å². The normalized spacial score (nSPS) is 11.3. The van der Waals surface area contributed by atoms with Crippen molar-refractivity contribution < 1.29 is 4.39 Å². The molecule has 0 spiro atoms. The summed E-state index contributed by atoms with van der Waals surface area (Å²) in [4.78, 5) is 4.16. The van der Waals surface area contributed by atoms with E-state index in [-0.39, 0.29) is 5.02 Å². The third-order valence-electron chi connectivity index (χ3n) is 2.39. The highest BCUT2D eigenvalue weighted by Gasteiger charge is 2.05. The van der Waals surface area contributed by atoms with Gasteiger partial charge in [-0.15, -0.1) is 0 Å². The highest BCUT2D eigenvalue weighted by atomic mass is 35.5. The van der Waals surface area contributed by atoms with Gasteiger partial charge in [0.2, 0.25) is 0 Å². The zero-order chi connectivity index (χ0) is 10.4. The van der Waals surface area contributed by atoms with E-state index in [4.69, 9.17) is 11.6 Å². The summed E-state index contributed by atoms with van der Waals surface area (Å²) < 4.78 is 15.1. The predicted octanol–water partition coefficient (Wildman–Crippen LogP) is 3.28. The Morgan fingerprint density at radius 1 is 1.33 bits per heavy atom. The number of fused-ring (bicyclic) bond motifs is 3. The van der Waals surface area contributed by atoms with E-state index >= 15 is 0 Å². The summed E-state index contributed by atoms with van der Waals surface area (Å²) in [6.07, 6.45) is 3.60. The average molecular weight is 221 g/mol. The fraction of sp³-hybridized carbons (Fsp3) is 0. The molecule has 15 heavy (non-hydrogen) atoms. The monoisotopic (exact) mass is 220 g/mol. The Hall–Kier alpha value is -1.61. The van der Waals surface area contributed by atoms with E-state index < -0.39 is 5.82 Å². The number of halogens is 2. The lowest BCUT2D eigenvalue weighted by atomic mass is 10.3. The Balaban J connectivity index is 2.57. The number of nitrogens with zero attached hydrogens (tertiary/aromatic N) is 2. The third-order valence-corrected chi connectivity index (χ3v) is 2.68. The summed E-state index contributed by atoms with van der Waals surface area (Å²) in [5.74, 6) is -0.442. The fourth-order valence-corrected chi connectivity index (χ4v) is 1.83. The molecule has 0 aliphatic carbocycles. The van der Waals surface area contributed by atoms with Crippen LogP contribution in [0.15, 0.2) is 36.7 Å². The minimum Gasteiger partial charge on any atom is -0.313 e. The molecule has 3 rings (SSSR count). The van der Waals surface area contributed by atoms with Crippen molar-refractivity contribution in [1.82, 2.24) is 9.38 Å². The number of aromatic nitrogens is 2. The molecule has 0 atom stereocenters. The standard InChI is InChI=1S/C11H6ClFN2/c12-8-4-11-10(5-9(8)13)14-6-7-2-1-3-15(7)11/h1-6H. The van der Waals surface area contributed by atoms with Crippen molar-refractivity contribution in [1.29, 1.82) is 0 Å². The summed E-state index contributed by atoms with van der Waals surface area (Å²) in [6.45, 7) is 0. The minimum atomic E-state index is -0.442. The third kappa shape index (κ3) is 1.20. The van der Waals surface area contributed by atoms with Gasteiger partial charge in [0.25, 0.3) is 0 Å². The molecule has 0 aliphatic rings. The van der Waals surface area contributed by atoms with Gasteiger partial charge in [-0.1, -0.05) is 11.6 Å². The molecule has 74 valence electrons.